The van der Waals surface area contributed by atoms with E-state index < -0.39 is 5.82 Å². The zero-order valence-corrected chi connectivity index (χ0v) is 18.8. The van der Waals surface area contributed by atoms with Crippen LogP contribution in [0.4, 0.5) is 31.9 Å². The summed E-state index contributed by atoms with van der Waals surface area (Å²) in [5, 5.41) is 8.54. The van der Waals surface area contributed by atoms with E-state index in [9.17, 15) is 14.0 Å². The maximum atomic E-state index is 13.1. The van der Waals surface area contributed by atoms with E-state index in [1.807, 2.05) is 18.2 Å². The van der Waals surface area contributed by atoms with E-state index in [0.717, 1.165) is 36.1 Å². The van der Waals surface area contributed by atoms with E-state index in [0.29, 0.717) is 22.6 Å². The molecule has 1 aliphatic rings. The van der Waals surface area contributed by atoms with Gasteiger partial charge in [0.15, 0.2) is 0 Å². The number of amides is 3. The van der Waals surface area contributed by atoms with E-state index in [1.165, 1.54) is 24.3 Å². The minimum atomic E-state index is -0.403. The van der Waals surface area contributed by atoms with E-state index in [-0.39, 0.29) is 11.9 Å². The van der Waals surface area contributed by atoms with E-state index in [2.05, 4.69) is 36.8 Å². The van der Waals surface area contributed by atoms with E-state index in [4.69, 9.17) is 0 Å². The summed E-state index contributed by atoms with van der Waals surface area (Å²) in [6, 6.07) is 17.7. The summed E-state index contributed by atoms with van der Waals surface area (Å²) >= 11 is 3.39. The summed E-state index contributed by atoms with van der Waals surface area (Å²) in [5.74, 6) is -0.761. The van der Waals surface area contributed by atoms with Gasteiger partial charge in [-0.05, 0) is 73.5 Å². The quantitative estimate of drug-likeness (QED) is 0.400. The molecule has 6 nitrogen and oxygen atoms in total. The van der Waals surface area contributed by atoms with Crippen molar-refractivity contribution in [1.82, 2.24) is 0 Å². The van der Waals surface area contributed by atoms with Crippen LogP contribution in [-0.2, 0) is 0 Å². The molecule has 8 heteroatoms. The monoisotopic (exact) mass is 496 g/mol. The van der Waals surface area contributed by atoms with Gasteiger partial charge in [-0.15, -0.1) is 0 Å². The Hall–Kier alpha value is -3.39. The average molecular weight is 497 g/mol. The second-order valence-corrected chi connectivity index (χ2v) is 8.39. The molecule has 3 amide bonds. The van der Waals surface area contributed by atoms with E-state index >= 15 is 0 Å². The van der Waals surface area contributed by atoms with Crippen molar-refractivity contribution in [2.75, 3.05) is 33.9 Å². The molecule has 1 aliphatic heterocycles. The van der Waals surface area contributed by atoms with Gasteiger partial charge in [0.25, 0.3) is 5.91 Å². The number of benzene rings is 3. The first-order valence-corrected chi connectivity index (χ1v) is 11.1. The lowest BCUT2D eigenvalue weighted by molar-refractivity contribution is 0.102. The van der Waals surface area contributed by atoms with Crippen molar-refractivity contribution in [3.63, 3.8) is 0 Å². The fourth-order valence-electron chi connectivity index (χ4n) is 3.60. The van der Waals surface area contributed by atoms with Crippen molar-refractivity contribution >= 4 is 50.6 Å². The van der Waals surface area contributed by atoms with Crippen LogP contribution in [0, 0.1) is 5.82 Å². The Morgan fingerprint density at radius 3 is 2.28 bits per heavy atom. The first-order chi connectivity index (χ1) is 15.5. The van der Waals surface area contributed by atoms with Crippen LogP contribution in [0.5, 0.6) is 0 Å². The lowest BCUT2D eigenvalue weighted by atomic mass is 10.2. The van der Waals surface area contributed by atoms with Crippen LogP contribution >= 0.6 is 15.9 Å². The molecule has 0 unspecified atom stereocenters. The summed E-state index contributed by atoms with van der Waals surface area (Å²) in [6.45, 7) is 1.81. The molecule has 164 valence electrons. The third-order valence-electron chi connectivity index (χ3n) is 5.14. The second kappa shape index (κ2) is 9.82. The minimum absolute atomic E-state index is 0.344. The molecule has 3 aromatic carbocycles. The highest BCUT2D eigenvalue weighted by Crippen LogP contribution is 2.32. The molecule has 3 N–H and O–H groups in total. The SMILES string of the molecule is O=C(Nc1cccc(Br)c1)Nc1cc(NC(=O)c2ccc(F)cc2)ccc1N1CCCC1. The second-order valence-electron chi connectivity index (χ2n) is 7.48. The van der Waals surface area contributed by atoms with Crippen molar-refractivity contribution in [3.05, 3.63) is 82.6 Å². The highest BCUT2D eigenvalue weighted by Gasteiger charge is 2.18. The van der Waals surface area contributed by atoms with Crippen molar-refractivity contribution in [2.45, 2.75) is 12.8 Å². The molecule has 3 aromatic rings. The number of rotatable bonds is 5. The number of carbonyl (C=O) groups excluding carboxylic acids is 2. The van der Waals surface area contributed by atoms with Gasteiger partial charge in [0, 0.05) is 34.5 Å². The molecule has 0 aromatic heterocycles. The highest BCUT2D eigenvalue weighted by atomic mass is 79.9. The van der Waals surface area contributed by atoms with Crippen LogP contribution in [-0.4, -0.2) is 25.0 Å². The molecule has 0 radical (unpaired) electrons. The summed E-state index contributed by atoms with van der Waals surface area (Å²) in [7, 11) is 0. The maximum absolute atomic E-state index is 13.1. The van der Waals surface area contributed by atoms with Gasteiger partial charge in [-0.1, -0.05) is 22.0 Å². The van der Waals surface area contributed by atoms with Gasteiger partial charge in [-0.3, -0.25) is 4.79 Å². The Bertz CT molecular complexity index is 1130. The Kier molecular flexibility index (Phi) is 6.70. The summed E-state index contributed by atoms with van der Waals surface area (Å²) in [5.41, 5.74) is 3.01. The largest absolute Gasteiger partial charge is 0.370 e. The molecule has 1 fully saturated rings. The molecule has 32 heavy (non-hydrogen) atoms. The van der Waals surface area contributed by atoms with Crippen molar-refractivity contribution in [1.29, 1.82) is 0 Å². The van der Waals surface area contributed by atoms with Gasteiger partial charge in [-0.25, -0.2) is 9.18 Å². The number of urea groups is 1. The Labute approximate surface area is 193 Å². The molecule has 1 saturated heterocycles. The van der Waals surface area contributed by atoms with Crippen molar-refractivity contribution in [2.24, 2.45) is 0 Å². The highest BCUT2D eigenvalue weighted by molar-refractivity contribution is 9.10. The van der Waals surface area contributed by atoms with Gasteiger partial charge < -0.3 is 20.9 Å². The summed E-state index contributed by atoms with van der Waals surface area (Å²) in [6.07, 6.45) is 2.18. The smallest absolute Gasteiger partial charge is 0.323 e. The number of nitrogens with zero attached hydrogens (tertiary/aromatic N) is 1. The first kappa shape index (κ1) is 21.8. The van der Waals surface area contributed by atoms with Crippen LogP contribution in [0.3, 0.4) is 0 Å². The number of carbonyl (C=O) groups is 2. The van der Waals surface area contributed by atoms with Gasteiger partial charge >= 0.3 is 6.03 Å². The zero-order chi connectivity index (χ0) is 22.5. The molecular formula is C24H22BrFN4O2. The fraction of sp³-hybridized carbons (Fsp3) is 0.167. The van der Waals surface area contributed by atoms with Crippen molar-refractivity contribution < 1.29 is 14.0 Å². The Balaban J connectivity index is 1.54. The van der Waals surface area contributed by atoms with Crippen LogP contribution < -0.4 is 20.9 Å². The average Bonchev–Trinajstić information content (AvgIpc) is 3.29. The molecular weight excluding hydrogens is 475 g/mol. The van der Waals surface area contributed by atoms with Crippen LogP contribution in [0.1, 0.15) is 23.2 Å². The third kappa shape index (κ3) is 5.45. The molecule has 0 saturated carbocycles. The van der Waals surface area contributed by atoms with E-state index in [1.54, 1.807) is 24.3 Å². The molecule has 0 bridgehead atoms. The van der Waals surface area contributed by atoms with Gasteiger partial charge in [0.05, 0.1) is 11.4 Å². The summed E-state index contributed by atoms with van der Waals surface area (Å²) in [4.78, 5) is 27.4. The van der Waals surface area contributed by atoms with Gasteiger partial charge in [0.2, 0.25) is 0 Å². The van der Waals surface area contributed by atoms with Crippen molar-refractivity contribution in [3.8, 4) is 0 Å². The minimum Gasteiger partial charge on any atom is -0.370 e. The number of hydrogen-bond donors (Lipinski definition) is 3. The Morgan fingerprint density at radius 2 is 1.56 bits per heavy atom. The summed E-state index contributed by atoms with van der Waals surface area (Å²) < 4.78 is 14.0. The van der Waals surface area contributed by atoms with Crippen LogP contribution in [0.25, 0.3) is 0 Å². The fourth-order valence-corrected chi connectivity index (χ4v) is 4.00. The molecule has 4 rings (SSSR count). The Morgan fingerprint density at radius 1 is 0.844 bits per heavy atom. The predicted molar refractivity (Wildman–Crippen MR) is 129 cm³/mol. The number of anilines is 4. The lowest BCUT2D eigenvalue weighted by Crippen LogP contribution is -2.24. The standard InChI is InChI=1S/C24H22BrFN4O2/c25-17-4-3-5-19(14-17)28-24(32)29-21-15-20(10-11-22(21)30-12-1-2-13-30)27-23(31)16-6-8-18(26)9-7-16/h3-11,14-15H,1-2,12-13H2,(H,27,31)(H2,28,29,32). The zero-order valence-electron chi connectivity index (χ0n) is 17.2. The van der Waals surface area contributed by atoms with Gasteiger partial charge in [-0.2, -0.15) is 0 Å². The first-order valence-electron chi connectivity index (χ1n) is 10.3. The lowest BCUT2D eigenvalue weighted by Gasteiger charge is -2.22. The molecule has 0 spiro atoms. The number of hydrogen-bond acceptors (Lipinski definition) is 3. The predicted octanol–water partition coefficient (Wildman–Crippen LogP) is 6.08. The molecule has 0 aliphatic carbocycles. The number of nitrogens with one attached hydrogen (secondary N) is 3. The molecule has 1 heterocycles. The topological polar surface area (TPSA) is 73.5 Å². The third-order valence-corrected chi connectivity index (χ3v) is 5.63. The van der Waals surface area contributed by atoms with Crippen LogP contribution in [0.2, 0.25) is 0 Å². The number of halogens is 2. The van der Waals surface area contributed by atoms with Gasteiger partial charge in [0.1, 0.15) is 5.82 Å². The molecule has 0 atom stereocenters. The van der Waals surface area contributed by atoms with Crippen LogP contribution in [0.15, 0.2) is 71.2 Å². The normalized spacial score (nSPS) is 13.0. The maximum Gasteiger partial charge on any atom is 0.323 e.